The molecule has 0 fully saturated rings. The van der Waals surface area contributed by atoms with Crippen molar-refractivity contribution in [3.63, 3.8) is 0 Å². The van der Waals surface area contributed by atoms with E-state index in [4.69, 9.17) is 10.2 Å². The van der Waals surface area contributed by atoms with Gasteiger partial charge in [-0.05, 0) is 18.1 Å². The van der Waals surface area contributed by atoms with Crippen LogP contribution in [0.4, 0.5) is 0 Å². The molecule has 0 saturated carbocycles. The molecule has 0 heterocycles. The molecule has 102 valence electrons. The minimum absolute atomic E-state index is 0.0941. The second-order valence-corrected chi connectivity index (χ2v) is 11.2. The standard InChI is InChI=1S/C13H29NO2Si/c1-8-11(15)12(14)10(2)9-16-17(6,7)13(3,4)5/h10,12H,8-9,14H2,1-7H3/t10-,12+/m1/s1. The Morgan fingerprint density at radius 1 is 1.35 bits per heavy atom. The van der Waals surface area contributed by atoms with Gasteiger partial charge in [-0.2, -0.15) is 0 Å². The first-order chi connectivity index (χ1) is 7.53. The van der Waals surface area contributed by atoms with E-state index in [0.29, 0.717) is 13.0 Å². The largest absolute Gasteiger partial charge is 0.416 e. The quantitative estimate of drug-likeness (QED) is 0.746. The molecule has 0 bridgehead atoms. The van der Waals surface area contributed by atoms with Crippen molar-refractivity contribution < 1.29 is 9.22 Å². The maximum absolute atomic E-state index is 11.5. The molecule has 0 aliphatic carbocycles. The van der Waals surface area contributed by atoms with Crippen LogP contribution in [-0.2, 0) is 9.22 Å². The zero-order chi connectivity index (χ0) is 13.9. The number of nitrogens with two attached hydrogens (primary N) is 1. The minimum Gasteiger partial charge on any atom is -0.416 e. The molecule has 0 aromatic carbocycles. The van der Waals surface area contributed by atoms with Gasteiger partial charge in [-0.1, -0.05) is 34.6 Å². The van der Waals surface area contributed by atoms with E-state index in [9.17, 15) is 4.79 Å². The minimum atomic E-state index is -1.73. The van der Waals surface area contributed by atoms with Crippen molar-refractivity contribution in [2.24, 2.45) is 11.7 Å². The van der Waals surface area contributed by atoms with Crippen molar-refractivity contribution in [1.29, 1.82) is 0 Å². The van der Waals surface area contributed by atoms with Crippen LogP contribution in [0.3, 0.4) is 0 Å². The molecule has 0 aromatic rings. The Kier molecular flexibility index (Phi) is 6.05. The monoisotopic (exact) mass is 259 g/mol. The summed E-state index contributed by atoms with van der Waals surface area (Å²) in [6, 6.07) is -0.384. The fraction of sp³-hybridized carbons (Fsp3) is 0.923. The molecule has 0 unspecified atom stereocenters. The van der Waals surface area contributed by atoms with Gasteiger partial charge in [-0.15, -0.1) is 0 Å². The van der Waals surface area contributed by atoms with E-state index < -0.39 is 8.32 Å². The van der Waals surface area contributed by atoms with Crippen LogP contribution >= 0.6 is 0 Å². The fourth-order valence-electron chi connectivity index (χ4n) is 1.21. The SMILES string of the molecule is CCC(=O)[C@@H](N)[C@H](C)CO[Si](C)(C)C(C)(C)C. The highest BCUT2D eigenvalue weighted by molar-refractivity contribution is 6.74. The van der Waals surface area contributed by atoms with Gasteiger partial charge in [0.1, 0.15) is 5.78 Å². The van der Waals surface area contributed by atoms with Crippen LogP contribution in [-0.4, -0.2) is 26.7 Å². The second kappa shape index (κ2) is 6.11. The third kappa shape index (κ3) is 4.90. The number of carbonyl (C=O) groups excluding carboxylic acids is 1. The van der Waals surface area contributed by atoms with E-state index in [1.165, 1.54) is 0 Å². The molecule has 2 atom stereocenters. The van der Waals surface area contributed by atoms with Gasteiger partial charge in [0.2, 0.25) is 0 Å². The van der Waals surface area contributed by atoms with Crippen molar-refractivity contribution in [1.82, 2.24) is 0 Å². The number of rotatable bonds is 6. The van der Waals surface area contributed by atoms with Gasteiger partial charge in [0.05, 0.1) is 6.04 Å². The molecule has 17 heavy (non-hydrogen) atoms. The Labute approximate surface area is 107 Å². The highest BCUT2D eigenvalue weighted by Crippen LogP contribution is 2.36. The van der Waals surface area contributed by atoms with Gasteiger partial charge >= 0.3 is 0 Å². The van der Waals surface area contributed by atoms with Crippen LogP contribution in [0.5, 0.6) is 0 Å². The zero-order valence-corrected chi connectivity index (χ0v) is 13.5. The maximum Gasteiger partial charge on any atom is 0.191 e. The fourth-order valence-corrected chi connectivity index (χ4v) is 2.33. The van der Waals surface area contributed by atoms with Crippen molar-refractivity contribution in [3.05, 3.63) is 0 Å². The molecule has 0 spiro atoms. The van der Waals surface area contributed by atoms with Gasteiger partial charge in [-0.3, -0.25) is 4.79 Å². The third-order valence-corrected chi connectivity index (χ3v) is 8.35. The summed E-state index contributed by atoms with van der Waals surface area (Å²) in [6.45, 7) is 15.5. The number of ketones is 1. The number of carbonyl (C=O) groups is 1. The lowest BCUT2D eigenvalue weighted by Crippen LogP contribution is -2.45. The summed E-state index contributed by atoms with van der Waals surface area (Å²) in [7, 11) is -1.73. The first-order valence-corrected chi connectivity index (χ1v) is 9.36. The van der Waals surface area contributed by atoms with Crippen LogP contribution in [0, 0.1) is 5.92 Å². The molecule has 0 aromatic heterocycles. The highest BCUT2D eigenvalue weighted by Gasteiger charge is 2.37. The Bertz CT molecular complexity index is 259. The predicted octanol–water partition coefficient (Wildman–Crippen LogP) is 2.95. The normalized spacial score (nSPS) is 16.7. The molecule has 0 saturated heterocycles. The maximum atomic E-state index is 11.5. The number of hydrogen-bond donors (Lipinski definition) is 1. The molecule has 3 nitrogen and oxygen atoms in total. The zero-order valence-electron chi connectivity index (χ0n) is 12.5. The van der Waals surface area contributed by atoms with Gasteiger partial charge in [0.25, 0.3) is 0 Å². The summed E-state index contributed by atoms with van der Waals surface area (Å²) in [4.78, 5) is 11.5. The molecular formula is C13H29NO2Si. The lowest BCUT2D eigenvalue weighted by atomic mass is 9.99. The van der Waals surface area contributed by atoms with E-state index in [2.05, 4.69) is 33.9 Å². The summed E-state index contributed by atoms with van der Waals surface area (Å²) in [6.07, 6.45) is 0.506. The predicted molar refractivity (Wildman–Crippen MR) is 75.6 cm³/mol. The summed E-state index contributed by atoms with van der Waals surface area (Å²) in [5.41, 5.74) is 5.90. The van der Waals surface area contributed by atoms with Gasteiger partial charge in [-0.25, -0.2) is 0 Å². The third-order valence-electron chi connectivity index (χ3n) is 3.85. The second-order valence-electron chi connectivity index (χ2n) is 6.39. The van der Waals surface area contributed by atoms with E-state index in [-0.39, 0.29) is 22.8 Å². The smallest absolute Gasteiger partial charge is 0.191 e. The van der Waals surface area contributed by atoms with Gasteiger partial charge < -0.3 is 10.2 Å². The molecule has 4 heteroatoms. The summed E-state index contributed by atoms with van der Waals surface area (Å²) < 4.78 is 6.08. The molecule has 0 rings (SSSR count). The Morgan fingerprint density at radius 2 is 1.82 bits per heavy atom. The van der Waals surface area contributed by atoms with Crippen molar-refractivity contribution in [2.75, 3.05) is 6.61 Å². The number of Topliss-reactive ketones (excluding diaryl/α,β-unsaturated/α-hetero) is 1. The van der Waals surface area contributed by atoms with Gasteiger partial charge in [0, 0.05) is 18.9 Å². The average molecular weight is 259 g/mol. The molecule has 0 amide bonds. The molecule has 2 N–H and O–H groups in total. The van der Waals surface area contributed by atoms with Crippen LogP contribution in [0.2, 0.25) is 18.1 Å². The Balaban J connectivity index is 4.34. The first kappa shape index (κ1) is 16.8. The highest BCUT2D eigenvalue weighted by atomic mass is 28.4. The van der Waals surface area contributed by atoms with Gasteiger partial charge in [0.15, 0.2) is 8.32 Å². The van der Waals surface area contributed by atoms with Crippen molar-refractivity contribution >= 4 is 14.1 Å². The summed E-state index contributed by atoms with van der Waals surface area (Å²) in [5, 5.41) is 0.200. The van der Waals surface area contributed by atoms with Crippen molar-refractivity contribution in [3.8, 4) is 0 Å². The summed E-state index contributed by atoms with van der Waals surface area (Å²) >= 11 is 0. The average Bonchev–Trinajstić information content (AvgIpc) is 2.22. The summed E-state index contributed by atoms with van der Waals surface area (Å²) in [5.74, 6) is 0.216. The molecular weight excluding hydrogens is 230 g/mol. The van der Waals surface area contributed by atoms with E-state index in [1.54, 1.807) is 0 Å². The van der Waals surface area contributed by atoms with E-state index in [0.717, 1.165) is 0 Å². The van der Waals surface area contributed by atoms with Crippen LogP contribution in [0.15, 0.2) is 0 Å². The number of hydrogen-bond acceptors (Lipinski definition) is 3. The lowest BCUT2D eigenvalue weighted by Gasteiger charge is -2.37. The van der Waals surface area contributed by atoms with Crippen LogP contribution in [0.25, 0.3) is 0 Å². The van der Waals surface area contributed by atoms with E-state index >= 15 is 0 Å². The van der Waals surface area contributed by atoms with Crippen LogP contribution in [0.1, 0.15) is 41.0 Å². The first-order valence-electron chi connectivity index (χ1n) is 6.45. The molecule has 0 radical (unpaired) electrons. The Morgan fingerprint density at radius 3 is 2.18 bits per heavy atom. The van der Waals surface area contributed by atoms with Crippen molar-refractivity contribution in [2.45, 2.75) is 65.2 Å². The topological polar surface area (TPSA) is 52.3 Å². The molecule has 0 aliphatic heterocycles. The molecule has 0 aliphatic rings. The lowest BCUT2D eigenvalue weighted by molar-refractivity contribution is -0.121. The van der Waals surface area contributed by atoms with E-state index in [1.807, 2.05) is 13.8 Å². The van der Waals surface area contributed by atoms with Crippen LogP contribution < -0.4 is 5.73 Å². The Hall–Kier alpha value is -0.193.